The van der Waals surface area contributed by atoms with E-state index in [0.29, 0.717) is 12.2 Å². The zero-order chi connectivity index (χ0) is 13.7. The van der Waals surface area contributed by atoms with Gasteiger partial charge in [-0.3, -0.25) is 4.79 Å². The number of fused-ring (bicyclic) bond motifs is 1. The van der Waals surface area contributed by atoms with Crippen LogP contribution in [0, 0.1) is 0 Å². The van der Waals surface area contributed by atoms with Gasteiger partial charge in [0.2, 0.25) is 0 Å². The van der Waals surface area contributed by atoms with Gasteiger partial charge in [-0.15, -0.1) is 0 Å². The lowest BCUT2D eigenvalue weighted by molar-refractivity contribution is 0.0929. The SMILES string of the molecule is COCCC(C)NC(=O)c1ccc2c(c1)NCCN2. The first-order valence-electron chi connectivity index (χ1n) is 6.62. The second kappa shape index (κ2) is 6.43. The second-order valence-corrected chi connectivity index (χ2v) is 4.77. The fourth-order valence-electron chi connectivity index (χ4n) is 2.05. The lowest BCUT2D eigenvalue weighted by Gasteiger charge is -2.21. The number of rotatable bonds is 5. The molecule has 104 valence electrons. The second-order valence-electron chi connectivity index (χ2n) is 4.77. The van der Waals surface area contributed by atoms with Crippen LogP contribution in [0.15, 0.2) is 18.2 Å². The number of amides is 1. The molecule has 1 heterocycles. The standard InChI is InChI=1S/C14H21N3O2/c1-10(5-8-19-2)17-14(18)11-3-4-12-13(9-11)16-7-6-15-12/h3-4,9-10,15-16H,5-8H2,1-2H3,(H,17,18). The van der Waals surface area contributed by atoms with Crippen molar-refractivity contribution in [3.05, 3.63) is 23.8 Å². The lowest BCUT2D eigenvalue weighted by atomic mass is 10.1. The van der Waals surface area contributed by atoms with Crippen LogP contribution in [0.4, 0.5) is 11.4 Å². The van der Waals surface area contributed by atoms with Crippen LogP contribution in [-0.2, 0) is 4.74 Å². The molecule has 1 atom stereocenters. The van der Waals surface area contributed by atoms with Gasteiger partial charge in [0.1, 0.15) is 0 Å². The Morgan fingerprint density at radius 1 is 1.37 bits per heavy atom. The topological polar surface area (TPSA) is 62.4 Å². The molecular formula is C14H21N3O2. The van der Waals surface area contributed by atoms with Gasteiger partial charge in [-0.05, 0) is 31.5 Å². The van der Waals surface area contributed by atoms with E-state index < -0.39 is 0 Å². The van der Waals surface area contributed by atoms with Crippen molar-refractivity contribution >= 4 is 17.3 Å². The van der Waals surface area contributed by atoms with Crippen molar-refractivity contribution in [1.29, 1.82) is 0 Å². The largest absolute Gasteiger partial charge is 0.385 e. The van der Waals surface area contributed by atoms with E-state index in [1.807, 2.05) is 25.1 Å². The van der Waals surface area contributed by atoms with Crippen LogP contribution < -0.4 is 16.0 Å². The first kappa shape index (κ1) is 13.7. The monoisotopic (exact) mass is 263 g/mol. The summed E-state index contributed by atoms with van der Waals surface area (Å²) < 4.78 is 5.00. The van der Waals surface area contributed by atoms with Crippen molar-refractivity contribution in [3.8, 4) is 0 Å². The van der Waals surface area contributed by atoms with Gasteiger partial charge in [-0.1, -0.05) is 0 Å². The summed E-state index contributed by atoms with van der Waals surface area (Å²) in [5, 5.41) is 9.54. The van der Waals surface area contributed by atoms with Gasteiger partial charge in [0, 0.05) is 38.4 Å². The van der Waals surface area contributed by atoms with Crippen LogP contribution in [0.3, 0.4) is 0 Å². The molecule has 3 N–H and O–H groups in total. The number of benzene rings is 1. The molecule has 1 aliphatic rings. The number of methoxy groups -OCH3 is 1. The molecule has 0 fully saturated rings. The summed E-state index contributed by atoms with van der Waals surface area (Å²) in [6.45, 7) is 4.42. The molecule has 0 aromatic heterocycles. The molecule has 0 saturated heterocycles. The smallest absolute Gasteiger partial charge is 0.251 e. The Morgan fingerprint density at radius 3 is 2.84 bits per heavy atom. The van der Waals surface area contributed by atoms with E-state index in [1.54, 1.807) is 7.11 Å². The maximum absolute atomic E-state index is 12.1. The Kier molecular flexibility index (Phi) is 4.63. The molecule has 0 aliphatic carbocycles. The number of hydrogen-bond donors (Lipinski definition) is 3. The number of carbonyl (C=O) groups excluding carboxylic acids is 1. The number of hydrogen-bond acceptors (Lipinski definition) is 4. The first-order chi connectivity index (χ1) is 9.20. The van der Waals surface area contributed by atoms with Crippen molar-refractivity contribution in [3.63, 3.8) is 0 Å². The third-order valence-corrected chi connectivity index (χ3v) is 3.17. The molecule has 1 aromatic carbocycles. The highest BCUT2D eigenvalue weighted by atomic mass is 16.5. The molecule has 0 radical (unpaired) electrons. The van der Waals surface area contributed by atoms with Gasteiger partial charge in [0.25, 0.3) is 5.91 Å². The molecular weight excluding hydrogens is 242 g/mol. The van der Waals surface area contributed by atoms with Gasteiger partial charge in [-0.2, -0.15) is 0 Å². The molecule has 5 heteroatoms. The Balaban J connectivity index is 1.99. The van der Waals surface area contributed by atoms with Gasteiger partial charge in [0.15, 0.2) is 0 Å². The highest BCUT2D eigenvalue weighted by molar-refractivity contribution is 5.96. The van der Waals surface area contributed by atoms with Gasteiger partial charge >= 0.3 is 0 Å². The third kappa shape index (κ3) is 3.61. The zero-order valence-corrected chi connectivity index (χ0v) is 11.5. The number of carbonyl (C=O) groups is 1. The Morgan fingerprint density at radius 2 is 2.11 bits per heavy atom. The number of anilines is 2. The highest BCUT2D eigenvalue weighted by Crippen LogP contribution is 2.25. The fourth-order valence-corrected chi connectivity index (χ4v) is 2.05. The van der Waals surface area contributed by atoms with Crippen LogP contribution in [0.2, 0.25) is 0 Å². The molecule has 1 amide bonds. The maximum Gasteiger partial charge on any atom is 0.251 e. The Labute approximate surface area is 113 Å². The Hall–Kier alpha value is -1.75. The van der Waals surface area contributed by atoms with Crippen molar-refractivity contribution in [1.82, 2.24) is 5.32 Å². The molecule has 5 nitrogen and oxygen atoms in total. The molecule has 0 spiro atoms. The van der Waals surface area contributed by atoms with E-state index in [0.717, 1.165) is 30.9 Å². The minimum absolute atomic E-state index is 0.0428. The molecule has 0 bridgehead atoms. The van der Waals surface area contributed by atoms with Crippen LogP contribution >= 0.6 is 0 Å². The zero-order valence-electron chi connectivity index (χ0n) is 11.5. The first-order valence-corrected chi connectivity index (χ1v) is 6.62. The number of nitrogens with one attached hydrogen (secondary N) is 3. The number of ether oxygens (including phenoxy) is 1. The van der Waals surface area contributed by atoms with Crippen molar-refractivity contribution in [2.24, 2.45) is 0 Å². The van der Waals surface area contributed by atoms with Crippen molar-refractivity contribution in [2.45, 2.75) is 19.4 Å². The van der Waals surface area contributed by atoms with Crippen LogP contribution in [0.25, 0.3) is 0 Å². The molecule has 1 aliphatic heterocycles. The van der Waals surface area contributed by atoms with E-state index in [-0.39, 0.29) is 11.9 Å². The van der Waals surface area contributed by atoms with E-state index in [4.69, 9.17) is 4.74 Å². The maximum atomic E-state index is 12.1. The molecule has 0 saturated carbocycles. The van der Waals surface area contributed by atoms with Gasteiger partial charge < -0.3 is 20.7 Å². The molecule has 19 heavy (non-hydrogen) atoms. The molecule has 1 aromatic rings. The summed E-state index contributed by atoms with van der Waals surface area (Å²) in [5.74, 6) is -0.0428. The van der Waals surface area contributed by atoms with Crippen LogP contribution in [-0.4, -0.2) is 38.8 Å². The lowest BCUT2D eigenvalue weighted by Crippen LogP contribution is -2.33. The normalized spacial score (nSPS) is 14.8. The van der Waals surface area contributed by atoms with Crippen molar-refractivity contribution < 1.29 is 9.53 Å². The van der Waals surface area contributed by atoms with Gasteiger partial charge in [0.05, 0.1) is 11.4 Å². The summed E-state index contributed by atoms with van der Waals surface area (Å²) in [6.07, 6.45) is 0.812. The van der Waals surface area contributed by atoms with Crippen LogP contribution in [0.5, 0.6) is 0 Å². The fraction of sp³-hybridized carbons (Fsp3) is 0.500. The summed E-state index contributed by atoms with van der Waals surface area (Å²) in [4.78, 5) is 12.1. The minimum Gasteiger partial charge on any atom is -0.385 e. The van der Waals surface area contributed by atoms with Gasteiger partial charge in [-0.25, -0.2) is 0 Å². The molecule has 1 unspecified atom stereocenters. The van der Waals surface area contributed by atoms with Crippen molar-refractivity contribution in [2.75, 3.05) is 37.4 Å². The quantitative estimate of drug-likeness (QED) is 0.756. The average Bonchev–Trinajstić information content (AvgIpc) is 2.44. The summed E-state index contributed by atoms with van der Waals surface area (Å²) in [6, 6.07) is 5.78. The van der Waals surface area contributed by atoms with Crippen LogP contribution in [0.1, 0.15) is 23.7 Å². The molecule has 2 rings (SSSR count). The summed E-state index contributed by atoms with van der Waals surface area (Å²) >= 11 is 0. The predicted molar refractivity (Wildman–Crippen MR) is 76.8 cm³/mol. The Bertz CT molecular complexity index is 448. The summed E-state index contributed by atoms with van der Waals surface area (Å²) in [7, 11) is 1.66. The van der Waals surface area contributed by atoms with E-state index in [1.165, 1.54) is 0 Å². The summed E-state index contributed by atoms with van der Waals surface area (Å²) in [5.41, 5.74) is 2.72. The average molecular weight is 263 g/mol. The third-order valence-electron chi connectivity index (χ3n) is 3.17. The van der Waals surface area contributed by atoms with E-state index >= 15 is 0 Å². The minimum atomic E-state index is -0.0428. The highest BCUT2D eigenvalue weighted by Gasteiger charge is 2.13. The van der Waals surface area contributed by atoms with E-state index in [9.17, 15) is 4.79 Å². The van der Waals surface area contributed by atoms with E-state index in [2.05, 4.69) is 16.0 Å². The predicted octanol–water partition coefficient (Wildman–Crippen LogP) is 1.68.